The Balaban J connectivity index is 1.90. The molecule has 0 N–H and O–H groups in total. The third-order valence-electron chi connectivity index (χ3n) is 5.10. The minimum Gasteiger partial charge on any atom is -0.459 e. The molecule has 136 valence electrons. The maximum Gasteiger partial charge on any atom is 0.233 e. The number of benzene rings is 2. The first-order valence-corrected chi connectivity index (χ1v) is 9.32. The van der Waals surface area contributed by atoms with Gasteiger partial charge in [0.2, 0.25) is 12.6 Å². The predicted octanol–water partition coefficient (Wildman–Crippen LogP) is 3.37. The molecule has 0 saturated heterocycles. The van der Waals surface area contributed by atoms with Gasteiger partial charge < -0.3 is 9.47 Å². The van der Waals surface area contributed by atoms with Crippen molar-refractivity contribution < 1.29 is 14.2 Å². The molecule has 2 unspecified atom stereocenters. The standard InChI is InChI=1S/C22H24B2O3/c1-21(2,3)15-9-11(23)7-13-17(15)25-20-14-8-12(24)10-16(22(4,5)6)18(14)26-19(13)27-20/h7-10,19-20H,1-6H3. The average Bonchev–Trinajstić information content (AvgIpc) is 2.53. The van der Waals surface area contributed by atoms with Crippen LogP contribution in [0, 0.1) is 0 Å². The highest BCUT2D eigenvalue weighted by Crippen LogP contribution is 2.51. The molecule has 0 aromatic heterocycles. The van der Waals surface area contributed by atoms with Crippen LogP contribution >= 0.6 is 0 Å². The lowest BCUT2D eigenvalue weighted by atomic mass is 9.79. The smallest absolute Gasteiger partial charge is 0.233 e. The van der Waals surface area contributed by atoms with Crippen LogP contribution in [-0.2, 0) is 15.6 Å². The first-order valence-electron chi connectivity index (χ1n) is 9.32. The van der Waals surface area contributed by atoms with Crippen LogP contribution in [0.4, 0.5) is 0 Å². The lowest BCUT2D eigenvalue weighted by molar-refractivity contribution is -0.228. The number of hydrogen-bond acceptors (Lipinski definition) is 3. The molecule has 2 aliphatic heterocycles. The highest BCUT2D eigenvalue weighted by atomic mass is 16.8. The Labute approximate surface area is 164 Å². The summed E-state index contributed by atoms with van der Waals surface area (Å²) in [4.78, 5) is 0. The topological polar surface area (TPSA) is 27.7 Å². The fourth-order valence-electron chi connectivity index (χ4n) is 3.73. The molecule has 0 spiro atoms. The van der Waals surface area contributed by atoms with Gasteiger partial charge in [0.15, 0.2) is 0 Å². The van der Waals surface area contributed by atoms with Crippen LogP contribution in [0.25, 0.3) is 0 Å². The summed E-state index contributed by atoms with van der Waals surface area (Å²) < 4.78 is 18.8. The molecule has 2 bridgehead atoms. The lowest BCUT2D eigenvalue weighted by Crippen LogP contribution is -2.35. The fourth-order valence-corrected chi connectivity index (χ4v) is 3.73. The Morgan fingerprint density at radius 1 is 0.667 bits per heavy atom. The highest BCUT2D eigenvalue weighted by Gasteiger charge is 2.42. The Hall–Kier alpha value is -1.87. The fraction of sp³-hybridized carbons (Fsp3) is 0.455. The minimum absolute atomic E-state index is 0.125. The molecular formula is C22H24B2O3. The van der Waals surface area contributed by atoms with Crippen LogP contribution in [0.15, 0.2) is 24.3 Å². The van der Waals surface area contributed by atoms with E-state index in [9.17, 15) is 0 Å². The van der Waals surface area contributed by atoms with Crippen molar-refractivity contribution >= 4 is 26.6 Å². The number of rotatable bonds is 0. The number of fused-ring (bicyclic) bond motifs is 6. The van der Waals surface area contributed by atoms with Crippen molar-refractivity contribution in [3.8, 4) is 11.5 Å². The quantitative estimate of drug-likeness (QED) is 0.676. The van der Waals surface area contributed by atoms with Gasteiger partial charge in [-0.15, -0.1) is 0 Å². The molecule has 2 heterocycles. The second-order valence-electron chi connectivity index (χ2n) is 9.51. The van der Waals surface area contributed by atoms with E-state index in [2.05, 4.69) is 41.5 Å². The summed E-state index contributed by atoms with van der Waals surface area (Å²) in [5.74, 6) is 1.59. The normalized spacial score (nSPS) is 21.0. The van der Waals surface area contributed by atoms with Crippen molar-refractivity contribution in [2.45, 2.75) is 65.0 Å². The second-order valence-corrected chi connectivity index (χ2v) is 9.51. The first-order chi connectivity index (χ1) is 12.4. The molecule has 2 aromatic rings. The summed E-state index contributed by atoms with van der Waals surface area (Å²) in [6, 6.07) is 7.70. The first kappa shape index (κ1) is 18.5. The van der Waals surface area contributed by atoms with E-state index in [1.807, 2.05) is 24.3 Å². The molecule has 2 aliphatic rings. The van der Waals surface area contributed by atoms with E-state index in [-0.39, 0.29) is 10.8 Å². The van der Waals surface area contributed by atoms with E-state index < -0.39 is 12.6 Å². The zero-order chi connectivity index (χ0) is 19.7. The molecule has 4 radical (unpaired) electrons. The SMILES string of the molecule is [B]c1cc2c(c(C(C)(C)C)c1)OC1OC2Oc2c1cc([B])cc2C(C)(C)C. The summed E-state index contributed by atoms with van der Waals surface area (Å²) in [5.41, 5.74) is 4.85. The zero-order valence-electron chi connectivity index (χ0n) is 16.8. The summed E-state index contributed by atoms with van der Waals surface area (Å²) in [5, 5.41) is 0. The van der Waals surface area contributed by atoms with E-state index >= 15 is 0 Å². The monoisotopic (exact) mass is 358 g/mol. The van der Waals surface area contributed by atoms with Crippen molar-refractivity contribution in [3.05, 3.63) is 46.5 Å². The van der Waals surface area contributed by atoms with Gasteiger partial charge in [0, 0.05) is 0 Å². The zero-order valence-corrected chi connectivity index (χ0v) is 16.8. The van der Waals surface area contributed by atoms with E-state index in [1.54, 1.807) is 0 Å². The van der Waals surface area contributed by atoms with E-state index in [0.29, 0.717) is 10.9 Å². The van der Waals surface area contributed by atoms with E-state index in [1.165, 1.54) is 0 Å². The molecule has 27 heavy (non-hydrogen) atoms. The highest BCUT2D eigenvalue weighted by molar-refractivity contribution is 6.32. The van der Waals surface area contributed by atoms with Crippen LogP contribution in [0.3, 0.4) is 0 Å². The number of ether oxygens (including phenoxy) is 3. The van der Waals surface area contributed by atoms with Gasteiger partial charge in [-0.2, -0.15) is 0 Å². The summed E-state index contributed by atoms with van der Waals surface area (Å²) >= 11 is 0. The van der Waals surface area contributed by atoms with Gasteiger partial charge in [-0.1, -0.05) is 76.7 Å². The molecular weight excluding hydrogens is 334 g/mol. The Morgan fingerprint density at radius 3 is 1.37 bits per heavy atom. The third-order valence-corrected chi connectivity index (χ3v) is 5.10. The Bertz CT molecular complexity index is 847. The molecule has 3 nitrogen and oxygen atoms in total. The van der Waals surface area contributed by atoms with Gasteiger partial charge in [0.05, 0.1) is 11.1 Å². The largest absolute Gasteiger partial charge is 0.459 e. The van der Waals surface area contributed by atoms with Gasteiger partial charge in [-0.25, -0.2) is 0 Å². The summed E-state index contributed by atoms with van der Waals surface area (Å²) in [6.45, 7) is 12.8. The van der Waals surface area contributed by atoms with Crippen LogP contribution in [0.2, 0.25) is 0 Å². The summed E-state index contributed by atoms with van der Waals surface area (Å²) in [6.07, 6.45) is -1.11. The van der Waals surface area contributed by atoms with Crippen LogP contribution in [0.1, 0.15) is 76.4 Å². The molecule has 0 amide bonds. The minimum atomic E-state index is -0.555. The molecule has 0 saturated carbocycles. The second kappa shape index (κ2) is 5.81. The summed E-state index contributed by atoms with van der Waals surface area (Å²) in [7, 11) is 12.4. The Kier molecular flexibility index (Phi) is 3.98. The molecule has 0 fully saturated rings. The van der Waals surface area contributed by atoms with Gasteiger partial charge in [0.1, 0.15) is 27.2 Å². The molecule has 5 heteroatoms. The van der Waals surface area contributed by atoms with Gasteiger partial charge in [-0.05, 0) is 22.0 Å². The lowest BCUT2D eigenvalue weighted by Gasteiger charge is -2.42. The van der Waals surface area contributed by atoms with Gasteiger partial charge >= 0.3 is 0 Å². The number of hydrogen-bond donors (Lipinski definition) is 0. The average molecular weight is 358 g/mol. The van der Waals surface area contributed by atoms with E-state index in [0.717, 1.165) is 33.8 Å². The van der Waals surface area contributed by atoms with Crippen molar-refractivity contribution in [3.63, 3.8) is 0 Å². The van der Waals surface area contributed by atoms with Crippen molar-refractivity contribution in [1.29, 1.82) is 0 Å². The molecule has 2 atom stereocenters. The van der Waals surface area contributed by atoms with E-state index in [4.69, 9.17) is 29.9 Å². The maximum atomic E-state index is 6.35. The van der Waals surface area contributed by atoms with Crippen molar-refractivity contribution in [2.24, 2.45) is 0 Å². The molecule has 4 rings (SSSR count). The Morgan fingerprint density at radius 2 is 1.04 bits per heavy atom. The van der Waals surface area contributed by atoms with Crippen molar-refractivity contribution in [1.82, 2.24) is 0 Å². The van der Waals surface area contributed by atoms with Crippen LogP contribution in [-0.4, -0.2) is 15.7 Å². The van der Waals surface area contributed by atoms with Crippen molar-refractivity contribution in [2.75, 3.05) is 0 Å². The molecule has 2 aromatic carbocycles. The van der Waals surface area contributed by atoms with Gasteiger partial charge in [-0.3, -0.25) is 4.74 Å². The predicted molar refractivity (Wildman–Crippen MR) is 109 cm³/mol. The molecule has 0 aliphatic carbocycles. The third kappa shape index (κ3) is 3.06. The van der Waals surface area contributed by atoms with Crippen LogP contribution in [0.5, 0.6) is 11.5 Å². The maximum absolute atomic E-state index is 6.35. The van der Waals surface area contributed by atoms with Gasteiger partial charge in [0.25, 0.3) is 0 Å². The van der Waals surface area contributed by atoms with Crippen LogP contribution < -0.4 is 20.4 Å².